The molecule has 26 heavy (non-hydrogen) atoms. The van der Waals surface area contributed by atoms with Gasteiger partial charge in [0.15, 0.2) is 0 Å². The summed E-state index contributed by atoms with van der Waals surface area (Å²) in [6.07, 6.45) is -5.06. The Kier molecular flexibility index (Phi) is 4.27. The first-order valence-corrected chi connectivity index (χ1v) is 7.71. The lowest BCUT2D eigenvalue weighted by Gasteiger charge is -2.23. The number of hydrogen-bond donors (Lipinski definition) is 3. The highest BCUT2D eigenvalue weighted by atomic mass is 19.4. The predicted molar refractivity (Wildman–Crippen MR) is 87.1 cm³/mol. The summed E-state index contributed by atoms with van der Waals surface area (Å²) in [7, 11) is 0. The molecule has 0 aliphatic carbocycles. The second kappa shape index (κ2) is 6.29. The van der Waals surface area contributed by atoms with Crippen LogP contribution in [-0.2, 0) is 4.79 Å². The summed E-state index contributed by atoms with van der Waals surface area (Å²) in [5, 5.41) is 3.98. The number of aryl methyl sites for hydroxylation is 1. The van der Waals surface area contributed by atoms with E-state index in [9.17, 15) is 22.8 Å². The summed E-state index contributed by atoms with van der Waals surface area (Å²) in [6, 6.07) is 13.9. The normalized spacial score (nSPS) is 19.7. The molecule has 0 radical (unpaired) electrons. The number of amidine groups is 1. The quantitative estimate of drug-likeness (QED) is 0.750. The van der Waals surface area contributed by atoms with E-state index in [1.165, 1.54) is 24.3 Å². The van der Waals surface area contributed by atoms with E-state index in [4.69, 9.17) is 0 Å². The van der Waals surface area contributed by atoms with Gasteiger partial charge in [-0.1, -0.05) is 35.9 Å². The second-order valence-corrected chi connectivity index (χ2v) is 5.89. The zero-order chi connectivity index (χ0) is 18.9. The van der Waals surface area contributed by atoms with Gasteiger partial charge in [-0.05, 0) is 31.2 Å². The average molecular weight is 362 g/mol. The molecule has 5 nitrogen and oxygen atoms in total. The first-order valence-electron chi connectivity index (χ1n) is 7.71. The number of hydrogen-bond acceptors (Lipinski definition) is 2. The van der Waals surface area contributed by atoms with Gasteiger partial charge in [0.25, 0.3) is 11.7 Å². The number of benzene rings is 2. The van der Waals surface area contributed by atoms with Gasteiger partial charge in [0.1, 0.15) is 0 Å². The van der Waals surface area contributed by atoms with E-state index in [0.717, 1.165) is 5.56 Å². The smallest absolute Gasteiger partial charge is 0.293 e. The van der Waals surface area contributed by atoms with Gasteiger partial charge in [0.2, 0.25) is 0 Å². The van der Waals surface area contributed by atoms with Crippen LogP contribution in [0.4, 0.5) is 13.2 Å². The van der Waals surface area contributed by atoms with E-state index >= 15 is 0 Å². The van der Waals surface area contributed by atoms with Gasteiger partial charge >= 0.3 is 17.7 Å². The van der Waals surface area contributed by atoms with Crippen LogP contribution < -0.4 is 15.6 Å². The summed E-state index contributed by atoms with van der Waals surface area (Å²) in [5.41, 5.74) is -1.96. The highest BCUT2D eigenvalue weighted by Crippen LogP contribution is 2.27. The molecule has 0 spiro atoms. The summed E-state index contributed by atoms with van der Waals surface area (Å²) in [5.74, 6) is -2.54. The molecule has 0 saturated carbocycles. The minimum absolute atomic E-state index is 0.00881. The Labute approximate surface area is 146 Å². The Morgan fingerprint density at radius 1 is 1.08 bits per heavy atom. The Balaban J connectivity index is 2.01. The van der Waals surface area contributed by atoms with E-state index in [1.54, 1.807) is 35.6 Å². The Morgan fingerprint density at radius 2 is 1.69 bits per heavy atom. The summed E-state index contributed by atoms with van der Waals surface area (Å²) >= 11 is 0. The molecular weight excluding hydrogens is 347 g/mol. The topological polar surface area (TPSA) is 72.2 Å². The fraction of sp³-hybridized carbons (Fsp3) is 0.167. The fourth-order valence-corrected chi connectivity index (χ4v) is 2.54. The van der Waals surface area contributed by atoms with Crippen molar-refractivity contribution in [1.82, 2.24) is 10.6 Å². The lowest BCUT2D eigenvalue weighted by molar-refractivity contribution is -0.580. The number of nitrogens with one attached hydrogen (secondary N) is 3. The first kappa shape index (κ1) is 17.7. The van der Waals surface area contributed by atoms with Gasteiger partial charge in [0.05, 0.1) is 5.56 Å². The van der Waals surface area contributed by atoms with E-state index in [2.05, 4.69) is 10.3 Å². The van der Waals surface area contributed by atoms with Crippen molar-refractivity contribution >= 4 is 17.6 Å². The molecule has 8 heteroatoms. The van der Waals surface area contributed by atoms with Crippen LogP contribution in [0.3, 0.4) is 0 Å². The van der Waals surface area contributed by atoms with Crippen LogP contribution in [0.1, 0.15) is 21.5 Å². The highest BCUT2D eigenvalue weighted by molar-refractivity contribution is 6.11. The molecule has 0 unspecified atom stereocenters. The number of amides is 2. The molecule has 1 aliphatic heterocycles. The lowest BCUT2D eigenvalue weighted by Crippen LogP contribution is -2.96. The van der Waals surface area contributed by atoms with Crippen molar-refractivity contribution in [2.24, 2.45) is 0 Å². The van der Waals surface area contributed by atoms with E-state index in [0.29, 0.717) is 5.56 Å². The average Bonchev–Trinajstić information content (AvgIpc) is 2.94. The van der Waals surface area contributed by atoms with E-state index < -0.39 is 23.7 Å². The van der Waals surface area contributed by atoms with Gasteiger partial charge in [-0.25, -0.2) is 15.1 Å². The number of carbonyl (C=O) groups is 2. The lowest BCUT2D eigenvalue weighted by atomic mass is 10.1. The van der Waals surface area contributed by atoms with Crippen LogP contribution in [0.25, 0.3) is 0 Å². The predicted octanol–water partition coefficient (Wildman–Crippen LogP) is 0.641. The monoisotopic (exact) mass is 362 g/mol. The van der Waals surface area contributed by atoms with Gasteiger partial charge in [-0.15, -0.1) is 0 Å². The zero-order valence-electron chi connectivity index (χ0n) is 13.6. The molecular formula is C18H15F3N3O2+. The summed E-state index contributed by atoms with van der Waals surface area (Å²) in [4.78, 5) is 26.6. The van der Waals surface area contributed by atoms with Crippen LogP contribution in [-0.4, -0.2) is 29.5 Å². The fourth-order valence-electron chi connectivity index (χ4n) is 2.54. The van der Waals surface area contributed by atoms with Crippen LogP contribution in [0.5, 0.6) is 0 Å². The standard InChI is InChI=1S/C18H14F3N3O2/c1-11-7-9-12(10-8-11)14-22-16(26)17(23-14,18(19,20)21)24-15(25)13-5-3-2-4-6-13/h2-10H,1H3,(H,24,25)(H,22,23,26)/p+1/t17-/m0/s1. The molecule has 0 saturated heterocycles. The third kappa shape index (κ3) is 3.05. The molecule has 3 N–H and O–H groups in total. The molecule has 0 aromatic heterocycles. The Morgan fingerprint density at radius 3 is 2.27 bits per heavy atom. The van der Waals surface area contributed by atoms with Crippen molar-refractivity contribution in [2.75, 3.05) is 0 Å². The molecule has 0 bridgehead atoms. The van der Waals surface area contributed by atoms with Crippen molar-refractivity contribution in [3.63, 3.8) is 0 Å². The molecule has 1 aliphatic rings. The van der Waals surface area contributed by atoms with Gasteiger partial charge < -0.3 is 0 Å². The molecule has 134 valence electrons. The molecule has 2 amide bonds. The second-order valence-electron chi connectivity index (χ2n) is 5.89. The third-order valence-corrected chi connectivity index (χ3v) is 3.99. The number of rotatable bonds is 3. The van der Waals surface area contributed by atoms with Crippen molar-refractivity contribution in [3.8, 4) is 0 Å². The van der Waals surface area contributed by atoms with Crippen molar-refractivity contribution < 1.29 is 27.8 Å². The molecule has 1 atom stereocenters. The summed E-state index contributed by atoms with van der Waals surface area (Å²) in [6.45, 7) is 1.83. The van der Waals surface area contributed by atoms with Crippen molar-refractivity contribution in [2.45, 2.75) is 18.8 Å². The Bertz CT molecular complexity index is 877. The SMILES string of the molecule is Cc1ccc(C2=[NH+][C@@](NC(=O)c3ccccc3)(C(F)(F)F)C(=O)N2)cc1. The number of carbonyl (C=O) groups excluding carboxylic acids is 2. The van der Waals surface area contributed by atoms with Crippen molar-refractivity contribution in [3.05, 3.63) is 71.3 Å². The van der Waals surface area contributed by atoms with Gasteiger partial charge in [0, 0.05) is 5.56 Å². The van der Waals surface area contributed by atoms with Crippen LogP contribution >= 0.6 is 0 Å². The van der Waals surface area contributed by atoms with Crippen LogP contribution in [0, 0.1) is 6.92 Å². The van der Waals surface area contributed by atoms with Crippen molar-refractivity contribution in [1.29, 1.82) is 0 Å². The molecule has 1 heterocycles. The molecule has 2 aromatic rings. The maximum atomic E-state index is 13.7. The van der Waals surface area contributed by atoms with Crippen LogP contribution in [0.15, 0.2) is 54.6 Å². The highest BCUT2D eigenvalue weighted by Gasteiger charge is 2.70. The maximum absolute atomic E-state index is 13.7. The number of halogens is 3. The summed E-state index contributed by atoms with van der Waals surface area (Å²) < 4.78 is 41.2. The zero-order valence-corrected chi connectivity index (χ0v) is 13.6. The third-order valence-electron chi connectivity index (χ3n) is 3.99. The largest absolute Gasteiger partial charge is 0.465 e. The molecule has 0 fully saturated rings. The Hall–Kier alpha value is -3.16. The maximum Gasteiger partial charge on any atom is 0.465 e. The number of alkyl halides is 3. The van der Waals surface area contributed by atoms with E-state index in [1.807, 2.05) is 6.92 Å². The van der Waals surface area contributed by atoms with Crippen LogP contribution in [0.2, 0.25) is 0 Å². The van der Waals surface area contributed by atoms with E-state index in [-0.39, 0.29) is 11.4 Å². The minimum atomic E-state index is -5.06. The molecule has 3 rings (SSSR count). The van der Waals surface area contributed by atoms with Gasteiger partial charge in [-0.3, -0.25) is 10.1 Å². The molecule has 2 aromatic carbocycles. The first-order chi connectivity index (χ1) is 12.2. The van der Waals surface area contributed by atoms with Gasteiger partial charge in [-0.2, -0.15) is 13.2 Å². The minimum Gasteiger partial charge on any atom is -0.293 e.